The van der Waals surface area contributed by atoms with Gasteiger partial charge in [-0.1, -0.05) is 32.9 Å². The summed E-state index contributed by atoms with van der Waals surface area (Å²) in [4.78, 5) is 27.2. The van der Waals surface area contributed by atoms with Crippen molar-refractivity contribution in [2.24, 2.45) is 16.9 Å². The van der Waals surface area contributed by atoms with Crippen molar-refractivity contribution in [1.82, 2.24) is 14.7 Å². The van der Waals surface area contributed by atoms with E-state index in [1.165, 1.54) is 0 Å². The van der Waals surface area contributed by atoms with Crippen molar-refractivity contribution in [3.8, 4) is 11.3 Å². The first-order valence-electron chi connectivity index (χ1n) is 8.76. The van der Waals surface area contributed by atoms with Gasteiger partial charge in [0.2, 0.25) is 0 Å². The second-order valence-electron chi connectivity index (χ2n) is 7.73. The van der Waals surface area contributed by atoms with Crippen LogP contribution in [0.25, 0.3) is 11.3 Å². The monoisotopic (exact) mass is 387 g/mol. The highest BCUT2D eigenvalue weighted by Crippen LogP contribution is 2.43. The molecule has 3 amide bonds. The SMILES string of the molecule is CSc1cccc(-c2nn3c(c2C(N)=O)C(C(C)(C)C)N(C(N)=O)CC3)c1. The van der Waals surface area contributed by atoms with Crippen LogP contribution in [-0.4, -0.2) is 39.4 Å². The van der Waals surface area contributed by atoms with Crippen LogP contribution in [0.4, 0.5) is 4.79 Å². The molecule has 1 aliphatic rings. The van der Waals surface area contributed by atoms with Crippen LogP contribution in [0.3, 0.4) is 0 Å². The van der Waals surface area contributed by atoms with Crippen LogP contribution in [-0.2, 0) is 6.54 Å². The molecule has 4 N–H and O–H groups in total. The van der Waals surface area contributed by atoms with Gasteiger partial charge in [0.05, 0.1) is 23.8 Å². The van der Waals surface area contributed by atoms with Crippen LogP contribution >= 0.6 is 11.8 Å². The number of carbonyl (C=O) groups excluding carboxylic acids is 2. The number of nitrogens with zero attached hydrogens (tertiary/aromatic N) is 3. The number of benzene rings is 1. The zero-order valence-electron chi connectivity index (χ0n) is 16.0. The van der Waals surface area contributed by atoms with Crippen LogP contribution in [0.15, 0.2) is 29.2 Å². The molecule has 0 saturated heterocycles. The molecule has 0 bridgehead atoms. The molecule has 7 nitrogen and oxygen atoms in total. The lowest BCUT2D eigenvalue weighted by atomic mass is 9.81. The summed E-state index contributed by atoms with van der Waals surface area (Å²) in [6.07, 6.45) is 1.99. The first-order valence-corrected chi connectivity index (χ1v) is 9.98. The number of hydrogen-bond donors (Lipinski definition) is 2. The van der Waals surface area contributed by atoms with Gasteiger partial charge < -0.3 is 16.4 Å². The molecule has 0 aliphatic carbocycles. The van der Waals surface area contributed by atoms with Gasteiger partial charge in [0, 0.05) is 17.0 Å². The second kappa shape index (κ2) is 6.92. The number of rotatable bonds is 3. The number of aromatic nitrogens is 2. The summed E-state index contributed by atoms with van der Waals surface area (Å²) in [7, 11) is 0. The number of nitrogens with two attached hydrogens (primary N) is 2. The minimum atomic E-state index is -0.554. The van der Waals surface area contributed by atoms with E-state index in [0.717, 1.165) is 10.5 Å². The molecule has 0 radical (unpaired) electrons. The normalized spacial score (nSPS) is 16.9. The van der Waals surface area contributed by atoms with Crippen LogP contribution in [0.2, 0.25) is 0 Å². The molecule has 0 spiro atoms. The van der Waals surface area contributed by atoms with E-state index < -0.39 is 18.0 Å². The quantitative estimate of drug-likeness (QED) is 0.790. The predicted octanol–water partition coefficient (Wildman–Crippen LogP) is 2.85. The summed E-state index contributed by atoms with van der Waals surface area (Å²) >= 11 is 1.62. The molecule has 3 rings (SSSR count). The molecule has 144 valence electrons. The summed E-state index contributed by atoms with van der Waals surface area (Å²) in [6, 6.07) is 6.93. The third-order valence-corrected chi connectivity index (χ3v) is 5.53. The lowest BCUT2D eigenvalue weighted by Crippen LogP contribution is -2.49. The van der Waals surface area contributed by atoms with Gasteiger partial charge in [-0.05, 0) is 23.8 Å². The van der Waals surface area contributed by atoms with Gasteiger partial charge in [-0.3, -0.25) is 9.48 Å². The molecule has 1 unspecified atom stereocenters. The first kappa shape index (κ1) is 19.3. The Morgan fingerprint density at radius 2 is 1.93 bits per heavy atom. The van der Waals surface area contributed by atoms with Gasteiger partial charge in [0.1, 0.15) is 5.69 Å². The van der Waals surface area contributed by atoms with E-state index in [1.54, 1.807) is 21.3 Å². The van der Waals surface area contributed by atoms with Gasteiger partial charge >= 0.3 is 6.03 Å². The fraction of sp³-hybridized carbons (Fsp3) is 0.421. The van der Waals surface area contributed by atoms with Crippen LogP contribution in [0.1, 0.15) is 42.9 Å². The van der Waals surface area contributed by atoms with Gasteiger partial charge in [0.25, 0.3) is 5.91 Å². The molecule has 0 saturated carbocycles. The lowest BCUT2D eigenvalue weighted by molar-refractivity contribution is 0.0899. The maximum Gasteiger partial charge on any atom is 0.315 e. The third-order valence-electron chi connectivity index (χ3n) is 4.81. The molecule has 1 aromatic heterocycles. The molecular formula is C19H25N5O2S. The standard InChI is InChI=1S/C19H25N5O2S/c1-19(2,3)16-15-13(17(20)25)14(11-6-5-7-12(10-11)27-4)22-24(15)9-8-23(16)18(21)26/h5-7,10,16H,8-9H2,1-4H3,(H2,20,25)(H2,21,26). The summed E-state index contributed by atoms with van der Waals surface area (Å²) in [6.45, 7) is 6.93. The third kappa shape index (κ3) is 3.41. The van der Waals surface area contributed by atoms with E-state index in [2.05, 4.69) is 0 Å². The predicted molar refractivity (Wildman–Crippen MR) is 106 cm³/mol. The number of hydrogen-bond acceptors (Lipinski definition) is 4. The zero-order valence-corrected chi connectivity index (χ0v) is 16.8. The highest BCUT2D eigenvalue weighted by atomic mass is 32.2. The first-order chi connectivity index (χ1) is 12.6. The Hall–Kier alpha value is -2.48. The average molecular weight is 388 g/mol. The Morgan fingerprint density at radius 3 is 2.48 bits per heavy atom. The van der Waals surface area contributed by atoms with Crippen LogP contribution in [0.5, 0.6) is 0 Å². The van der Waals surface area contributed by atoms with Gasteiger partial charge in [-0.25, -0.2) is 4.79 Å². The molecule has 1 aliphatic heterocycles. The Labute approximate surface area is 163 Å². The molecule has 2 heterocycles. The molecule has 0 fully saturated rings. The van der Waals surface area contributed by atoms with Crippen molar-refractivity contribution < 1.29 is 9.59 Å². The van der Waals surface area contributed by atoms with Crippen LogP contribution < -0.4 is 11.5 Å². The second-order valence-corrected chi connectivity index (χ2v) is 8.61. The van der Waals surface area contributed by atoms with Gasteiger partial charge in [-0.15, -0.1) is 11.8 Å². The fourth-order valence-corrected chi connectivity index (χ4v) is 4.19. The zero-order chi connectivity index (χ0) is 19.9. The van der Waals surface area contributed by atoms with Crippen molar-refractivity contribution in [1.29, 1.82) is 0 Å². The molecule has 1 aromatic carbocycles. The largest absolute Gasteiger partial charge is 0.365 e. The number of fused-ring (bicyclic) bond motifs is 1. The van der Waals surface area contributed by atoms with Crippen molar-refractivity contribution in [3.63, 3.8) is 0 Å². The van der Waals surface area contributed by atoms with E-state index >= 15 is 0 Å². The van der Waals surface area contributed by atoms with Crippen molar-refractivity contribution in [2.75, 3.05) is 12.8 Å². The van der Waals surface area contributed by atoms with E-state index in [-0.39, 0.29) is 5.41 Å². The van der Waals surface area contributed by atoms with Gasteiger partial charge in [-0.2, -0.15) is 5.10 Å². The topological polar surface area (TPSA) is 107 Å². The van der Waals surface area contributed by atoms with Crippen molar-refractivity contribution >= 4 is 23.7 Å². The maximum atomic E-state index is 12.5. The average Bonchev–Trinajstić information content (AvgIpc) is 2.99. The molecule has 1 atom stereocenters. The minimum Gasteiger partial charge on any atom is -0.365 e. The molecule has 27 heavy (non-hydrogen) atoms. The van der Waals surface area contributed by atoms with E-state index in [9.17, 15) is 9.59 Å². The summed E-state index contributed by atoms with van der Waals surface area (Å²) in [5.74, 6) is -0.554. The van der Waals surface area contributed by atoms with Gasteiger partial charge in [0.15, 0.2) is 0 Å². The van der Waals surface area contributed by atoms with E-state index in [4.69, 9.17) is 16.6 Å². The van der Waals surface area contributed by atoms with Crippen LogP contribution in [0, 0.1) is 5.41 Å². The molecule has 2 aromatic rings. The van der Waals surface area contributed by atoms with Crippen molar-refractivity contribution in [2.45, 2.75) is 38.3 Å². The van der Waals surface area contributed by atoms with E-state index in [0.29, 0.717) is 30.0 Å². The summed E-state index contributed by atoms with van der Waals surface area (Å²) < 4.78 is 1.80. The highest BCUT2D eigenvalue weighted by Gasteiger charge is 2.42. The maximum absolute atomic E-state index is 12.5. The Balaban J connectivity index is 2.27. The Kier molecular flexibility index (Phi) is 4.94. The minimum absolute atomic E-state index is 0.351. The summed E-state index contributed by atoms with van der Waals surface area (Å²) in [5.41, 5.74) is 13.5. The Morgan fingerprint density at radius 1 is 1.22 bits per heavy atom. The molecular weight excluding hydrogens is 362 g/mol. The number of urea groups is 1. The molecule has 8 heteroatoms. The smallest absolute Gasteiger partial charge is 0.315 e. The number of primary amides is 2. The summed E-state index contributed by atoms with van der Waals surface area (Å²) in [5, 5.41) is 4.70. The van der Waals surface area contributed by atoms with E-state index in [1.807, 2.05) is 51.3 Å². The fourth-order valence-electron chi connectivity index (χ4n) is 3.73. The number of amides is 3. The number of carbonyl (C=O) groups is 2. The van der Waals surface area contributed by atoms with Crippen molar-refractivity contribution in [3.05, 3.63) is 35.5 Å². The lowest BCUT2D eigenvalue weighted by Gasteiger charge is -2.42. The highest BCUT2D eigenvalue weighted by molar-refractivity contribution is 7.98. The Bertz CT molecular complexity index is 900. The number of thioether (sulfide) groups is 1.